The molecule has 4 aromatic heterocycles. The molecule has 0 spiro atoms. The van der Waals surface area contributed by atoms with Gasteiger partial charge in [-0.05, 0) is 172 Å². The molecule has 5 heterocycles. The van der Waals surface area contributed by atoms with E-state index in [1.165, 1.54) is 0 Å². The van der Waals surface area contributed by atoms with E-state index in [0.717, 1.165) is 32.6 Å². The van der Waals surface area contributed by atoms with Gasteiger partial charge in [0, 0.05) is 55.1 Å². The summed E-state index contributed by atoms with van der Waals surface area (Å²) in [6, 6.07) is 50.9. The number of furan rings is 1. The van der Waals surface area contributed by atoms with Gasteiger partial charge in [-0.3, -0.25) is 4.57 Å². The monoisotopic (exact) mass is 1420 g/mol. The normalized spacial score (nSPS) is 14.5. The van der Waals surface area contributed by atoms with E-state index in [9.17, 15) is 12.3 Å². The maximum atomic E-state index is 10.5. The van der Waals surface area contributed by atoms with Gasteiger partial charge >= 0.3 is 0 Å². The molecule has 0 saturated heterocycles. The molecule has 0 N–H and O–H groups in total. The zero-order chi connectivity index (χ0) is 78.3. The summed E-state index contributed by atoms with van der Waals surface area (Å²) in [7, 11) is 0. The van der Waals surface area contributed by atoms with Crippen LogP contribution in [-0.2, 0) is 26.5 Å². The zero-order valence-corrected chi connectivity index (χ0v) is 53.1. The molecular formula is C88H58N4O2Pt-2. The molecule has 6 nitrogen and oxygen atoms in total. The van der Waals surface area contributed by atoms with Crippen LogP contribution in [0.2, 0.25) is 0 Å². The molecule has 0 radical (unpaired) electrons. The van der Waals surface area contributed by atoms with E-state index in [1.54, 1.807) is 53.2 Å². The number of aromatic nitrogens is 4. The molecule has 95 heavy (non-hydrogen) atoms. The molecule has 454 valence electrons. The minimum Gasteiger partial charge on any atom is -0.510 e. The van der Waals surface area contributed by atoms with E-state index in [0.29, 0.717) is 89.6 Å². The van der Waals surface area contributed by atoms with Crippen LogP contribution in [0.15, 0.2) is 301 Å². The number of imidazole rings is 1. The Morgan fingerprint density at radius 2 is 1.06 bits per heavy atom. The van der Waals surface area contributed by atoms with E-state index in [2.05, 4.69) is 49.9 Å². The number of benzene rings is 13. The van der Waals surface area contributed by atoms with Crippen molar-refractivity contribution in [3.8, 4) is 118 Å². The predicted molar refractivity (Wildman–Crippen MR) is 383 cm³/mol. The molecular weight excluding hydrogens is 1340 g/mol. The average molecular weight is 1420 g/mol. The summed E-state index contributed by atoms with van der Waals surface area (Å²) in [6.45, 7) is 6.43. The van der Waals surface area contributed by atoms with Crippen molar-refractivity contribution in [1.29, 1.82) is 0 Å². The average Bonchev–Trinajstić information content (AvgIpc) is 1.25. The van der Waals surface area contributed by atoms with Crippen molar-refractivity contribution >= 4 is 54.8 Å². The van der Waals surface area contributed by atoms with Gasteiger partial charge in [0.05, 0.1) is 41.4 Å². The number of para-hydroxylation sites is 3. The molecule has 0 amide bonds. The van der Waals surface area contributed by atoms with Crippen LogP contribution >= 0.6 is 0 Å². The van der Waals surface area contributed by atoms with Crippen molar-refractivity contribution in [2.45, 2.75) is 26.2 Å². The first-order valence-corrected chi connectivity index (χ1v) is 30.5. The van der Waals surface area contributed by atoms with Gasteiger partial charge < -0.3 is 18.3 Å². The first-order chi connectivity index (χ1) is 53.7. The standard InChI is InChI=1S/C88H58N4O2.Pt/c1-88(2,3)64-44-45-89-84(52-64)92-79-38-17-15-32-72(79)73-42-41-67(54-80(73)92)93-66-29-19-28-65(53-66)90-55-91-86-69(59-40-43-83-77(49-59)74-33-16-18-39-82(74)94-83)35-21-37-76(86)85-68(58-26-11-6-12-27-58)34-20-36-75(85)70-30-13-14-31-71(70)78-50-63(51-81(90)87(78)91)62-47-60(56-22-7-4-8-23-56)46-61(48-62)57-24-9-5-10-25-57;/h4-52H,1-3H3;/q-2;/i4D,5D,6D,7D,8D,9D,10D,11D,12D,22D,23D,24D,25D,26D,27D,46D,47D,48D;. The smallest absolute Gasteiger partial charge is 0.268 e. The number of nitrogens with zero attached hydrogens (tertiary/aromatic N) is 4. The van der Waals surface area contributed by atoms with Crippen molar-refractivity contribution in [3.63, 3.8) is 0 Å². The molecule has 0 fully saturated rings. The van der Waals surface area contributed by atoms with Crippen molar-refractivity contribution < 1.29 is 59.5 Å². The molecule has 7 heteroatoms. The summed E-state index contributed by atoms with van der Waals surface area (Å²) in [4.78, 5) is 4.89. The van der Waals surface area contributed by atoms with Crippen molar-refractivity contribution in [2.24, 2.45) is 0 Å². The Hall–Kier alpha value is -11.4. The zero-order valence-electron chi connectivity index (χ0n) is 68.8. The molecule has 18 rings (SSSR count). The molecule has 0 saturated carbocycles. The summed E-state index contributed by atoms with van der Waals surface area (Å²) < 4.78 is 187. The Labute approximate surface area is 590 Å². The number of ether oxygens (including phenoxy) is 1. The van der Waals surface area contributed by atoms with Gasteiger partial charge in [0.1, 0.15) is 17.0 Å². The molecule has 0 bridgehead atoms. The van der Waals surface area contributed by atoms with Crippen LogP contribution in [0.1, 0.15) is 51.0 Å². The molecule has 0 atom stereocenters. The van der Waals surface area contributed by atoms with Crippen LogP contribution in [0.25, 0.3) is 161 Å². The molecule has 17 aromatic rings. The number of rotatable bonds is 9. The topological polar surface area (TPSA) is 49.0 Å². The second-order valence-corrected chi connectivity index (χ2v) is 24.0. The van der Waals surface area contributed by atoms with Crippen LogP contribution < -0.4 is 9.30 Å². The number of hydrogen-bond acceptors (Lipinski definition) is 3. The van der Waals surface area contributed by atoms with Crippen molar-refractivity contribution in [3.05, 3.63) is 321 Å². The van der Waals surface area contributed by atoms with E-state index >= 15 is 0 Å². The Balaban J connectivity index is 0.00000924. The maximum absolute atomic E-state index is 10.5. The second kappa shape index (κ2) is 23.0. The van der Waals surface area contributed by atoms with Gasteiger partial charge in [-0.25, -0.2) is 4.98 Å². The summed E-state index contributed by atoms with van der Waals surface area (Å²) >= 11 is 0. The quantitative estimate of drug-likeness (QED) is 0.107. The van der Waals surface area contributed by atoms with Crippen LogP contribution in [0.5, 0.6) is 11.5 Å². The molecule has 0 unspecified atom stereocenters. The van der Waals surface area contributed by atoms with Gasteiger partial charge in [-0.1, -0.05) is 226 Å². The number of fused-ring (bicyclic) bond motifs is 13. The Kier molecular flexibility index (Phi) is 9.98. The Morgan fingerprint density at radius 1 is 0.453 bits per heavy atom. The fourth-order valence-corrected chi connectivity index (χ4v) is 13.2. The Morgan fingerprint density at radius 3 is 1.81 bits per heavy atom. The van der Waals surface area contributed by atoms with Crippen molar-refractivity contribution in [1.82, 2.24) is 14.1 Å². The van der Waals surface area contributed by atoms with E-state index in [-0.39, 0.29) is 60.0 Å². The van der Waals surface area contributed by atoms with E-state index in [1.807, 2.05) is 138 Å². The van der Waals surface area contributed by atoms with Gasteiger partial charge in [-0.15, -0.1) is 29.7 Å². The third kappa shape index (κ3) is 9.82. The number of pyridine rings is 1. The molecule has 0 aliphatic carbocycles. The van der Waals surface area contributed by atoms with Crippen LogP contribution in [0.4, 0.5) is 0 Å². The summed E-state index contributed by atoms with van der Waals surface area (Å²) in [6.07, 6.45) is 5.58. The summed E-state index contributed by atoms with van der Waals surface area (Å²) in [5, 5.41) is 3.50. The minimum absolute atomic E-state index is 0. The largest absolute Gasteiger partial charge is 0.510 e. The van der Waals surface area contributed by atoms with Gasteiger partial charge in [0.25, 0.3) is 6.33 Å². The fraction of sp³-hybridized carbons (Fsp3) is 0.0455. The third-order valence-corrected chi connectivity index (χ3v) is 17.5. The Bertz CT molecular complexity index is 6860. The summed E-state index contributed by atoms with van der Waals surface area (Å²) in [5.74, 6) is 1.21. The SMILES string of the molecule is [2H]c1c([2H])c([2H])c(-c2cccc3c2-c2cccc(-c4ccc5oc6ccccc6c5c4)c2-[n+]2[c-]n(-c4[c-]c(Oc5[c-]c6c(cc5)c5ccccc5n6-c5cc(C(C)(C)C)ccn5)ccc4)c4cc(-c5c([2H])c(-c6c([2H])c([2H])c([2H])c([2H])c6[2H])c([2H])c(-c6c([2H])c([2H])c([2H])c([2H])c6[2H])c5[2H])cc(c42)-c2ccccc2-3)c([2H])c1[2H].[Pt]. The van der Waals surface area contributed by atoms with Gasteiger partial charge in [0.2, 0.25) is 0 Å². The molecule has 1 aliphatic heterocycles. The van der Waals surface area contributed by atoms with Gasteiger partial charge in [-0.2, -0.15) is 18.2 Å². The van der Waals surface area contributed by atoms with Crippen LogP contribution in [0, 0.1) is 18.5 Å². The first kappa shape index (κ1) is 41.2. The second-order valence-electron chi connectivity index (χ2n) is 24.0. The van der Waals surface area contributed by atoms with E-state index in [4.69, 9.17) is 26.5 Å². The summed E-state index contributed by atoms with van der Waals surface area (Å²) in [5.41, 5.74) is 6.85. The van der Waals surface area contributed by atoms with Gasteiger partial charge in [0.15, 0.2) is 0 Å². The third-order valence-electron chi connectivity index (χ3n) is 17.5. The maximum Gasteiger partial charge on any atom is 0.268 e. The molecule has 1 aliphatic rings. The van der Waals surface area contributed by atoms with Crippen LogP contribution in [-0.4, -0.2) is 14.1 Å². The number of hydrogen-bond donors (Lipinski definition) is 0. The predicted octanol–water partition coefficient (Wildman–Crippen LogP) is 22.4. The fourth-order valence-electron chi connectivity index (χ4n) is 13.2. The molecule has 13 aromatic carbocycles. The minimum atomic E-state index is -0.823. The van der Waals surface area contributed by atoms with Crippen molar-refractivity contribution in [2.75, 3.05) is 0 Å². The first-order valence-electron chi connectivity index (χ1n) is 39.5. The van der Waals surface area contributed by atoms with Crippen LogP contribution in [0.3, 0.4) is 0 Å². The van der Waals surface area contributed by atoms with E-state index < -0.39 is 131 Å².